The third-order valence-electron chi connectivity index (χ3n) is 4.32. The Balaban J connectivity index is 2.59. The van der Waals surface area contributed by atoms with E-state index in [1.165, 1.54) is 0 Å². The maximum atomic E-state index is 12.3. The second-order valence-electron chi connectivity index (χ2n) is 6.47. The summed E-state index contributed by atoms with van der Waals surface area (Å²) in [4.78, 5) is 34.0. The van der Waals surface area contributed by atoms with Crippen molar-refractivity contribution in [2.24, 2.45) is 11.3 Å². The van der Waals surface area contributed by atoms with E-state index in [1.807, 2.05) is 13.8 Å². The van der Waals surface area contributed by atoms with Crippen molar-refractivity contribution in [1.82, 2.24) is 5.32 Å². The van der Waals surface area contributed by atoms with Crippen molar-refractivity contribution < 1.29 is 24.6 Å². The fourth-order valence-electron chi connectivity index (χ4n) is 2.97. The number of carboxylic acid groups (broad SMARTS) is 2. The topological polar surface area (TPSA) is 104 Å². The molecule has 1 fully saturated rings. The van der Waals surface area contributed by atoms with Crippen LogP contribution in [0.1, 0.15) is 58.8 Å². The van der Waals surface area contributed by atoms with Crippen LogP contribution >= 0.6 is 0 Å². The highest BCUT2D eigenvalue weighted by Crippen LogP contribution is 2.40. The molecular formula is C15H25NO5. The fraction of sp³-hybridized carbons (Fsp3) is 0.800. The summed E-state index contributed by atoms with van der Waals surface area (Å²) < 4.78 is 0. The summed E-state index contributed by atoms with van der Waals surface area (Å²) in [5.41, 5.74) is -0.119. The molecular weight excluding hydrogens is 274 g/mol. The summed E-state index contributed by atoms with van der Waals surface area (Å²) in [5.74, 6) is -2.46. The number of carbonyl (C=O) groups is 3. The van der Waals surface area contributed by atoms with Crippen LogP contribution in [0.15, 0.2) is 0 Å². The standard InChI is InChI=1S/C15H25NO5/c1-15(2)9-4-3-6-10(15)13(19)16-11(14(20)21)7-5-8-12(17)18/h10-11H,3-9H2,1-2H3,(H,16,19)(H,17,18)(H,20,21)/t10?,11-/m1/s1. The maximum absolute atomic E-state index is 12.3. The summed E-state index contributed by atoms with van der Waals surface area (Å²) in [6, 6.07) is -1.01. The Labute approximate surface area is 124 Å². The van der Waals surface area contributed by atoms with Gasteiger partial charge in [-0.3, -0.25) is 9.59 Å². The molecule has 1 aliphatic carbocycles. The molecule has 0 aromatic carbocycles. The van der Waals surface area contributed by atoms with E-state index in [9.17, 15) is 14.4 Å². The SMILES string of the molecule is CC1(C)CCCCC1C(=O)N[C@H](CCCC(=O)O)C(=O)O. The average molecular weight is 299 g/mol. The number of carbonyl (C=O) groups excluding carboxylic acids is 1. The summed E-state index contributed by atoms with van der Waals surface area (Å²) >= 11 is 0. The smallest absolute Gasteiger partial charge is 0.326 e. The molecule has 0 heterocycles. The quantitative estimate of drug-likeness (QED) is 0.667. The lowest BCUT2D eigenvalue weighted by Crippen LogP contribution is -2.47. The minimum absolute atomic E-state index is 0.0887. The highest BCUT2D eigenvalue weighted by molar-refractivity contribution is 5.85. The summed E-state index contributed by atoms with van der Waals surface area (Å²) in [7, 11) is 0. The zero-order chi connectivity index (χ0) is 16.0. The van der Waals surface area contributed by atoms with Gasteiger partial charge in [-0.1, -0.05) is 26.7 Å². The first-order valence-electron chi connectivity index (χ1n) is 7.49. The first-order valence-corrected chi connectivity index (χ1v) is 7.49. The Morgan fingerprint density at radius 3 is 2.43 bits per heavy atom. The van der Waals surface area contributed by atoms with Crippen LogP contribution in [-0.2, 0) is 14.4 Å². The van der Waals surface area contributed by atoms with Crippen LogP contribution in [0.5, 0.6) is 0 Å². The first-order chi connectivity index (χ1) is 9.74. The Kier molecular flexibility index (Phi) is 6.18. The van der Waals surface area contributed by atoms with E-state index in [0.29, 0.717) is 0 Å². The molecule has 0 spiro atoms. The zero-order valence-corrected chi connectivity index (χ0v) is 12.7. The summed E-state index contributed by atoms with van der Waals surface area (Å²) in [5, 5.41) is 20.3. The molecule has 0 bridgehead atoms. The van der Waals surface area contributed by atoms with Gasteiger partial charge in [0.2, 0.25) is 5.91 Å². The predicted molar refractivity (Wildman–Crippen MR) is 76.8 cm³/mol. The molecule has 21 heavy (non-hydrogen) atoms. The van der Waals surface area contributed by atoms with Gasteiger partial charge in [0, 0.05) is 12.3 Å². The Morgan fingerprint density at radius 2 is 1.90 bits per heavy atom. The molecule has 6 nitrogen and oxygen atoms in total. The van der Waals surface area contributed by atoms with Gasteiger partial charge in [-0.2, -0.15) is 0 Å². The number of aliphatic carboxylic acids is 2. The molecule has 1 aliphatic rings. The van der Waals surface area contributed by atoms with E-state index in [-0.39, 0.29) is 36.5 Å². The Hall–Kier alpha value is -1.59. The lowest BCUT2D eigenvalue weighted by atomic mass is 9.68. The van der Waals surface area contributed by atoms with Gasteiger partial charge in [0.15, 0.2) is 0 Å². The molecule has 0 aromatic heterocycles. The van der Waals surface area contributed by atoms with Crippen LogP contribution in [-0.4, -0.2) is 34.1 Å². The van der Waals surface area contributed by atoms with Crippen LogP contribution in [0.3, 0.4) is 0 Å². The van der Waals surface area contributed by atoms with E-state index in [2.05, 4.69) is 5.32 Å². The number of nitrogens with one attached hydrogen (secondary N) is 1. The van der Waals surface area contributed by atoms with E-state index in [4.69, 9.17) is 10.2 Å². The van der Waals surface area contributed by atoms with E-state index in [0.717, 1.165) is 25.7 Å². The van der Waals surface area contributed by atoms with Gasteiger partial charge in [0.25, 0.3) is 0 Å². The molecule has 0 saturated heterocycles. The number of rotatable bonds is 7. The van der Waals surface area contributed by atoms with E-state index < -0.39 is 18.0 Å². The van der Waals surface area contributed by atoms with Crippen molar-refractivity contribution in [3.05, 3.63) is 0 Å². The molecule has 2 atom stereocenters. The van der Waals surface area contributed by atoms with E-state index >= 15 is 0 Å². The fourth-order valence-corrected chi connectivity index (χ4v) is 2.97. The molecule has 0 aromatic rings. The van der Waals surface area contributed by atoms with Crippen LogP contribution in [0.2, 0.25) is 0 Å². The zero-order valence-electron chi connectivity index (χ0n) is 12.7. The van der Waals surface area contributed by atoms with Crippen molar-refractivity contribution in [2.75, 3.05) is 0 Å². The molecule has 0 radical (unpaired) electrons. The van der Waals surface area contributed by atoms with Gasteiger partial charge in [0.05, 0.1) is 0 Å². The Morgan fingerprint density at radius 1 is 1.24 bits per heavy atom. The minimum Gasteiger partial charge on any atom is -0.481 e. The highest BCUT2D eigenvalue weighted by Gasteiger charge is 2.38. The first kappa shape index (κ1) is 17.5. The van der Waals surface area contributed by atoms with Crippen LogP contribution in [0.4, 0.5) is 0 Å². The number of amides is 1. The predicted octanol–water partition coefficient (Wildman–Crippen LogP) is 2.03. The van der Waals surface area contributed by atoms with Crippen LogP contribution in [0, 0.1) is 11.3 Å². The lowest BCUT2D eigenvalue weighted by Gasteiger charge is -2.38. The number of carboxylic acids is 2. The maximum Gasteiger partial charge on any atom is 0.326 e. The Bertz CT molecular complexity index is 405. The van der Waals surface area contributed by atoms with Crippen LogP contribution < -0.4 is 5.32 Å². The molecule has 120 valence electrons. The van der Waals surface area contributed by atoms with Gasteiger partial charge in [-0.15, -0.1) is 0 Å². The molecule has 1 amide bonds. The van der Waals surface area contributed by atoms with Crippen molar-refractivity contribution >= 4 is 17.8 Å². The van der Waals surface area contributed by atoms with E-state index in [1.54, 1.807) is 0 Å². The number of hydrogen-bond donors (Lipinski definition) is 3. The summed E-state index contributed by atoms with van der Waals surface area (Å²) in [6.45, 7) is 4.08. The highest BCUT2D eigenvalue weighted by atomic mass is 16.4. The lowest BCUT2D eigenvalue weighted by molar-refractivity contribution is -0.144. The van der Waals surface area contributed by atoms with Crippen LogP contribution in [0.25, 0.3) is 0 Å². The molecule has 1 saturated carbocycles. The third kappa shape index (κ3) is 5.36. The molecule has 1 unspecified atom stereocenters. The molecule has 0 aliphatic heterocycles. The minimum atomic E-state index is -1.11. The normalized spacial score (nSPS) is 22.3. The summed E-state index contributed by atoms with van der Waals surface area (Å²) in [6.07, 6.45) is 4.11. The average Bonchev–Trinajstić information content (AvgIpc) is 2.36. The molecule has 1 rings (SSSR count). The van der Waals surface area contributed by atoms with Gasteiger partial charge in [-0.25, -0.2) is 4.79 Å². The van der Waals surface area contributed by atoms with Gasteiger partial charge >= 0.3 is 11.9 Å². The number of hydrogen-bond acceptors (Lipinski definition) is 3. The second-order valence-corrected chi connectivity index (χ2v) is 6.47. The van der Waals surface area contributed by atoms with Crippen molar-refractivity contribution in [1.29, 1.82) is 0 Å². The molecule has 3 N–H and O–H groups in total. The van der Waals surface area contributed by atoms with Gasteiger partial charge in [0.1, 0.15) is 6.04 Å². The third-order valence-corrected chi connectivity index (χ3v) is 4.32. The van der Waals surface area contributed by atoms with Gasteiger partial charge < -0.3 is 15.5 Å². The van der Waals surface area contributed by atoms with Crippen molar-refractivity contribution in [3.63, 3.8) is 0 Å². The molecule has 6 heteroatoms. The van der Waals surface area contributed by atoms with Gasteiger partial charge in [-0.05, 0) is 31.1 Å². The van der Waals surface area contributed by atoms with Crippen molar-refractivity contribution in [2.45, 2.75) is 64.8 Å². The monoisotopic (exact) mass is 299 g/mol. The largest absolute Gasteiger partial charge is 0.481 e. The van der Waals surface area contributed by atoms with Crippen molar-refractivity contribution in [3.8, 4) is 0 Å². The second kappa shape index (κ2) is 7.43.